The molecule has 1 spiro atoms. The molecule has 27 heteroatoms. The van der Waals surface area contributed by atoms with Crippen molar-refractivity contribution in [2.75, 3.05) is 33.0 Å². The standard InChI is InChI=1S/C56H90O27/c1-20-8-11-56(73-18-20)21(2)34-30(83-56)13-26-24-7-6-23-12-29(27(60)14-55(23,5)25(24)9-10-54(26,34)4)75-51-43(70)40(67)45(33(17-59)78-51)79-53-48(47(38(65)32(16-58)77-53)81-49-41(68)36(63)28(61)19-72-49)82-52-44(71)46(37(64)31(15-57)76-52)80-50-42(69)39(66)35(62)22(3)74-50/h6,20-22,24-53,57-71H,7-19H2,1-5H3. The highest BCUT2D eigenvalue weighted by Gasteiger charge is 2.69. The van der Waals surface area contributed by atoms with Crippen LogP contribution in [0, 0.1) is 46.3 Å². The van der Waals surface area contributed by atoms with E-state index in [-0.39, 0.29) is 28.8 Å². The van der Waals surface area contributed by atoms with Gasteiger partial charge in [0.2, 0.25) is 0 Å². The second kappa shape index (κ2) is 24.5. The first kappa shape index (κ1) is 63.2. The quantitative estimate of drug-likeness (QED) is 0.0773. The predicted octanol–water partition coefficient (Wildman–Crippen LogP) is -4.53. The molecule has 83 heavy (non-hydrogen) atoms. The van der Waals surface area contributed by atoms with Gasteiger partial charge in [0.05, 0.1) is 57.5 Å². The van der Waals surface area contributed by atoms with Gasteiger partial charge in [-0.3, -0.25) is 0 Å². The Morgan fingerprint density at radius 3 is 1.83 bits per heavy atom. The van der Waals surface area contributed by atoms with Gasteiger partial charge in [-0.25, -0.2) is 0 Å². The zero-order valence-corrected chi connectivity index (χ0v) is 47.4. The number of fused-ring (bicyclic) bond motifs is 7. The number of ether oxygens (including phenoxy) is 12. The summed E-state index contributed by atoms with van der Waals surface area (Å²) in [5.41, 5.74) is 0.846. The van der Waals surface area contributed by atoms with Crippen LogP contribution in [0.3, 0.4) is 0 Å². The lowest BCUT2D eigenvalue weighted by Crippen LogP contribution is -2.69. The highest BCUT2D eigenvalue weighted by Crippen LogP contribution is 2.71. The molecule has 10 fully saturated rings. The highest BCUT2D eigenvalue weighted by molar-refractivity contribution is 5.27. The van der Waals surface area contributed by atoms with Crippen molar-refractivity contribution < 1.29 is 133 Å². The largest absolute Gasteiger partial charge is 0.394 e. The summed E-state index contributed by atoms with van der Waals surface area (Å²) in [6, 6.07) is 0. The molecule has 7 aliphatic heterocycles. The van der Waals surface area contributed by atoms with Crippen molar-refractivity contribution >= 4 is 0 Å². The third-order valence-corrected chi connectivity index (χ3v) is 21.6. The van der Waals surface area contributed by atoms with E-state index in [4.69, 9.17) is 56.8 Å². The Hall–Kier alpha value is -1.34. The minimum Gasteiger partial charge on any atom is -0.394 e. The number of allylic oxidation sites excluding steroid dienone is 1. The Morgan fingerprint density at radius 2 is 1.14 bits per heavy atom. The summed E-state index contributed by atoms with van der Waals surface area (Å²) in [7, 11) is 0. The van der Waals surface area contributed by atoms with E-state index in [0.29, 0.717) is 43.1 Å². The average molecular weight is 1200 g/mol. The van der Waals surface area contributed by atoms with Crippen LogP contribution in [0.4, 0.5) is 0 Å². The van der Waals surface area contributed by atoms with Gasteiger partial charge in [-0.05, 0) is 92.3 Å². The molecule has 0 amide bonds. The van der Waals surface area contributed by atoms with Gasteiger partial charge in [0.1, 0.15) is 110 Å². The van der Waals surface area contributed by atoms with E-state index in [0.717, 1.165) is 44.1 Å². The second-order valence-corrected chi connectivity index (χ2v) is 26.4. The number of aliphatic hydroxyl groups is 15. The smallest absolute Gasteiger partial charge is 0.187 e. The third-order valence-electron chi connectivity index (χ3n) is 21.6. The molecule has 11 aliphatic rings. The fourth-order valence-electron chi connectivity index (χ4n) is 16.8. The SMILES string of the molecule is CC1CCC2(OC1)OC1CC3C4CC=C5CC(OC6OC(CO)C(OC7OC(CO)C(O)C(OC8OCC(O)C(O)C8O)C7OC7OC(CO)C(O)C(OC8OC(C)C(O)C(O)C8O)C7O)C(O)C6O)C(O)CC5(C)C4CCC3(C)C1C2C. The molecule has 4 aliphatic carbocycles. The Bertz CT molecular complexity index is 2230. The monoisotopic (exact) mass is 1190 g/mol. The summed E-state index contributed by atoms with van der Waals surface area (Å²) < 4.78 is 73.2. The summed E-state index contributed by atoms with van der Waals surface area (Å²) in [6.45, 7) is 7.94. The van der Waals surface area contributed by atoms with Gasteiger partial charge >= 0.3 is 0 Å². The van der Waals surface area contributed by atoms with Crippen LogP contribution in [-0.2, 0) is 56.8 Å². The molecule has 36 unspecified atom stereocenters. The molecule has 476 valence electrons. The first-order valence-corrected chi connectivity index (χ1v) is 29.9. The zero-order chi connectivity index (χ0) is 59.5. The molecule has 0 radical (unpaired) electrons. The fourth-order valence-corrected chi connectivity index (χ4v) is 16.8. The minimum atomic E-state index is -2.14. The Labute approximate surface area is 480 Å². The molecular formula is C56H90O27. The first-order chi connectivity index (χ1) is 39.4. The lowest BCUT2D eigenvalue weighted by Gasteiger charge is -2.59. The number of rotatable bonds is 13. The lowest BCUT2D eigenvalue weighted by atomic mass is 9.46. The molecule has 15 N–H and O–H groups in total. The van der Waals surface area contributed by atoms with E-state index in [1.807, 2.05) is 0 Å². The topological polar surface area (TPSA) is 414 Å². The molecule has 7 heterocycles. The summed E-state index contributed by atoms with van der Waals surface area (Å²) in [6.07, 6.45) is -36.6. The van der Waals surface area contributed by atoms with Crippen molar-refractivity contribution in [1.82, 2.24) is 0 Å². The van der Waals surface area contributed by atoms with E-state index in [1.54, 1.807) is 0 Å². The Morgan fingerprint density at radius 1 is 0.542 bits per heavy atom. The van der Waals surface area contributed by atoms with Gasteiger partial charge in [-0.15, -0.1) is 0 Å². The molecular weight excluding hydrogens is 1100 g/mol. The maximum absolute atomic E-state index is 12.0. The van der Waals surface area contributed by atoms with E-state index in [1.165, 1.54) is 6.92 Å². The summed E-state index contributed by atoms with van der Waals surface area (Å²) in [5.74, 6) is 1.76. The van der Waals surface area contributed by atoms with Crippen LogP contribution in [-0.4, -0.2) is 281 Å². The van der Waals surface area contributed by atoms with Crippen molar-refractivity contribution in [1.29, 1.82) is 0 Å². The van der Waals surface area contributed by atoms with Crippen LogP contribution in [0.5, 0.6) is 0 Å². The van der Waals surface area contributed by atoms with Crippen LogP contribution < -0.4 is 0 Å². The van der Waals surface area contributed by atoms with Crippen molar-refractivity contribution in [3.8, 4) is 0 Å². The van der Waals surface area contributed by atoms with E-state index in [9.17, 15) is 76.6 Å². The molecule has 0 aromatic carbocycles. The number of hydrogen-bond donors (Lipinski definition) is 15. The average Bonchev–Trinajstić information content (AvgIpc) is 3.96. The molecule has 11 rings (SSSR count). The maximum atomic E-state index is 12.0. The van der Waals surface area contributed by atoms with Crippen molar-refractivity contribution in [2.45, 2.75) is 258 Å². The molecule has 0 aromatic heterocycles. The van der Waals surface area contributed by atoms with Gasteiger partial charge in [-0.2, -0.15) is 0 Å². The third kappa shape index (κ3) is 11.0. The van der Waals surface area contributed by atoms with Gasteiger partial charge in [0.15, 0.2) is 37.2 Å². The fraction of sp³-hybridized carbons (Fsp3) is 0.964. The van der Waals surface area contributed by atoms with Crippen LogP contribution in [0.2, 0.25) is 0 Å². The van der Waals surface area contributed by atoms with Crippen molar-refractivity contribution in [3.05, 3.63) is 11.6 Å². The van der Waals surface area contributed by atoms with Gasteiger partial charge in [0, 0.05) is 12.3 Å². The number of aliphatic hydroxyl groups excluding tert-OH is 15. The van der Waals surface area contributed by atoms with Gasteiger partial charge in [-0.1, -0.05) is 39.3 Å². The molecule has 3 saturated carbocycles. The first-order valence-electron chi connectivity index (χ1n) is 29.9. The van der Waals surface area contributed by atoms with Crippen molar-refractivity contribution in [3.63, 3.8) is 0 Å². The van der Waals surface area contributed by atoms with E-state index < -0.39 is 192 Å². The maximum Gasteiger partial charge on any atom is 0.187 e. The van der Waals surface area contributed by atoms with Crippen LogP contribution in [0.1, 0.15) is 86.0 Å². The highest BCUT2D eigenvalue weighted by atomic mass is 16.8. The zero-order valence-electron chi connectivity index (χ0n) is 47.4. The Kier molecular flexibility index (Phi) is 18.6. The lowest BCUT2D eigenvalue weighted by molar-refractivity contribution is -0.409. The number of hydrogen-bond acceptors (Lipinski definition) is 27. The predicted molar refractivity (Wildman–Crippen MR) is 275 cm³/mol. The van der Waals surface area contributed by atoms with Crippen LogP contribution in [0.25, 0.3) is 0 Å². The molecule has 0 bridgehead atoms. The normalized spacial score (nSPS) is 57.3. The minimum absolute atomic E-state index is 0.0776. The second-order valence-electron chi connectivity index (χ2n) is 26.4. The summed E-state index contributed by atoms with van der Waals surface area (Å²) >= 11 is 0. The summed E-state index contributed by atoms with van der Waals surface area (Å²) in [5, 5.41) is 166. The van der Waals surface area contributed by atoms with Crippen LogP contribution in [0.15, 0.2) is 11.6 Å². The molecule has 36 atom stereocenters. The van der Waals surface area contributed by atoms with Crippen LogP contribution >= 0.6 is 0 Å². The van der Waals surface area contributed by atoms with E-state index >= 15 is 0 Å². The molecule has 27 nitrogen and oxygen atoms in total. The van der Waals surface area contributed by atoms with Crippen molar-refractivity contribution in [2.24, 2.45) is 46.3 Å². The Balaban J connectivity index is 0.802. The van der Waals surface area contributed by atoms with E-state index in [2.05, 4.69) is 33.8 Å². The molecule has 0 aromatic rings. The summed E-state index contributed by atoms with van der Waals surface area (Å²) in [4.78, 5) is 0. The van der Waals surface area contributed by atoms with Gasteiger partial charge < -0.3 is 133 Å². The molecule has 7 saturated heterocycles. The van der Waals surface area contributed by atoms with Gasteiger partial charge in [0.25, 0.3) is 0 Å².